The highest BCUT2D eigenvalue weighted by molar-refractivity contribution is 8.02. The standard InChI is InChI=1S/C31H39N3O6S/c1-4-40-23-14-10-20(11-15-23)32-27(36)24-25-29(38)34(18-6-5-7-19-35)26(31(25)17-16-30(24,2)41-31)28(37)33-21-8-12-22(39-3)13-9-21/h8-15,24-26,35H,4-7,16-19H2,1-3H3,(H,32,36)(H,33,37)/t24-,25-,26?,30+,31?/m0/s1. The molecule has 2 aromatic rings. The third kappa shape index (κ3) is 5.39. The van der Waals surface area contributed by atoms with E-state index in [-0.39, 0.29) is 24.3 Å². The summed E-state index contributed by atoms with van der Waals surface area (Å²) >= 11 is 1.65. The van der Waals surface area contributed by atoms with E-state index in [2.05, 4.69) is 17.6 Å². The van der Waals surface area contributed by atoms with E-state index in [9.17, 15) is 19.5 Å². The van der Waals surface area contributed by atoms with Gasteiger partial charge in [0.1, 0.15) is 17.5 Å². The van der Waals surface area contributed by atoms with Crippen molar-refractivity contribution in [1.82, 2.24) is 4.90 Å². The number of aliphatic hydroxyl groups is 1. The molecule has 41 heavy (non-hydrogen) atoms. The molecule has 3 saturated heterocycles. The average molecular weight is 582 g/mol. The SMILES string of the molecule is CCOc1ccc(NC(=O)[C@@H]2[C@H]3C(=O)N(CCCCCO)C(C(=O)Nc4ccc(OC)cc4)C34CC[C@@]2(C)S4)cc1. The Kier molecular flexibility index (Phi) is 8.52. The second-order valence-electron chi connectivity index (χ2n) is 11.2. The predicted octanol–water partition coefficient (Wildman–Crippen LogP) is 4.32. The molecule has 220 valence electrons. The number of unbranched alkanes of at least 4 members (excludes halogenated alkanes) is 2. The number of likely N-dealkylation sites (tertiary alicyclic amines) is 1. The maximum absolute atomic E-state index is 14.2. The number of fused-ring (bicyclic) bond motifs is 1. The Labute approximate surface area is 245 Å². The molecule has 3 fully saturated rings. The molecule has 0 aliphatic carbocycles. The molecule has 1 spiro atoms. The van der Waals surface area contributed by atoms with E-state index in [1.165, 1.54) is 0 Å². The Morgan fingerprint density at radius 3 is 2.22 bits per heavy atom. The normalized spacial score (nSPS) is 28.0. The summed E-state index contributed by atoms with van der Waals surface area (Å²) in [5, 5.41) is 15.3. The van der Waals surface area contributed by atoms with Crippen LogP contribution in [0.2, 0.25) is 0 Å². The number of amides is 3. The van der Waals surface area contributed by atoms with Gasteiger partial charge in [-0.15, -0.1) is 11.8 Å². The first-order valence-electron chi connectivity index (χ1n) is 14.4. The van der Waals surface area contributed by atoms with Crippen molar-refractivity contribution in [3.8, 4) is 11.5 Å². The second kappa shape index (κ2) is 11.9. The molecule has 3 N–H and O–H groups in total. The molecule has 5 rings (SSSR count). The summed E-state index contributed by atoms with van der Waals surface area (Å²) in [5.41, 5.74) is 1.26. The zero-order valence-electron chi connectivity index (χ0n) is 23.9. The number of thioether (sulfide) groups is 1. The molecule has 0 radical (unpaired) electrons. The highest BCUT2D eigenvalue weighted by atomic mass is 32.2. The largest absolute Gasteiger partial charge is 0.497 e. The number of rotatable bonds is 12. The number of anilines is 2. The number of hydrogen-bond donors (Lipinski definition) is 3. The minimum absolute atomic E-state index is 0.0872. The van der Waals surface area contributed by atoms with Crippen LogP contribution >= 0.6 is 11.8 Å². The first kappa shape index (κ1) is 29.3. The van der Waals surface area contributed by atoms with E-state index in [0.29, 0.717) is 49.5 Å². The Balaban J connectivity index is 1.42. The summed E-state index contributed by atoms with van der Waals surface area (Å²) in [5.74, 6) is -0.329. The molecule has 3 aliphatic rings. The van der Waals surface area contributed by atoms with Gasteiger partial charge in [0.15, 0.2) is 0 Å². The fourth-order valence-electron chi connectivity index (χ4n) is 6.84. The van der Waals surface area contributed by atoms with Gasteiger partial charge >= 0.3 is 0 Å². The van der Waals surface area contributed by atoms with Crippen LogP contribution in [0.1, 0.15) is 46.0 Å². The van der Waals surface area contributed by atoms with Gasteiger partial charge in [-0.25, -0.2) is 0 Å². The minimum atomic E-state index is -0.702. The summed E-state index contributed by atoms with van der Waals surface area (Å²) in [6.45, 7) is 5.02. The summed E-state index contributed by atoms with van der Waals surface area (Å²) in [6.07, 6.45) is 3.49. The van der Waals surface area contributed by atoms with Crippen LogP contribution in [0.3, 0.4) is 0 Å². The highest BCUT2D eigenvalue weighted by Gasteiger charge is 2.77. The topological polar surface area (TPSA) is 117 Å². The average Bonchev–Trinajstić information content (AvgIpc) is 3.53. The molecule has 3 heterocycles. The van der Waals surface area contributed by atoms with E-state index in [1.54, 1.807) is 60.2 Å². The van der Waals surface area contributed by atoms with Crippen LogP contribution in [0.15, 0.2) is 48.5 Å². The van der Waals surface area contributed by atoms with Crippen molar-refractivity contribution in [3.63, 3.8) is 0 Å². The molecule has 3 aliphatic heterocycles. The van der Waals surface area contributed by atoms with Gasteiger partial charge in [-0.3, -0.25) is 14.4 Å². The molecule has 10 heteroatoms. The number of benzene rings is 2. The van der Waals surface area contributed by atoms with Crippen LogP contribution in [0.5, 0.6) is 11.5 Å². The van der Waals surface area contributed by atoms with Crippen LogP contribution in [0.4, 0.5) is 11.4 Å². The second-order valence-corrected chi connectivity index (χ2v) is 13.1. The predicted molar refractivity (Wildman–Crippen MR) is 159 cm³/mol. The van der Waals surface area contributed by atoms with Crippen LogP contribution in [0.25, 0.3) is 0 Å². The lowest BCUT2D eigenvalue weighted by Crippen LogP contribution is -2.51. The quantitative estimate of drug-likeness (QED) is 0.320. The molecule has 9 nitrogen and oxygen atoms in total. The van der Waals surface area contributed by atoms with E-state index in [1.807, 2.05) is 19.1 Å². The molecule has 2 aromatic carbocycles. The fourth-order valence-corrected chi connectivity index (χ4v) is 9.20. The lowest BCUT2D eigenvalue weighted by Gasteiger charge is -2.34. The lowest BCUT2D eigenvalue weighted by molar-refractivity contribution is -0.139. The van der Waals surface area contributed by atoms with Crippen molar-refractivity contribution < 1.29 is 29.0 Å². The molecule has 0 saturated carbocycles. The van der Waals surface area contributed by atoms with Gasteiger partial charge in [0.25, 0.3) is 0 Å². The van der Waals surface area contributed by atoms with Gasteiger partial charge in [0, 0.05) is 29.3 Å². The fraction of sp³-hybridized carbons (Fsp3) is 0.516. The number of hydrogen-bond acceptors (Lipinski definition) is 7. The monoisotopic (exact) mass is 581 g/mol. The molecular weight excluding hydrogens is 542 g/mol. The third-order valence-electron chi connectivity index (χ3n) is 8.65. The Hall–Kier alpha value is -3.24. The summed E-state index contributed by atoms with van der Waals surface area (Å²) < 4.78 is 9.60. The van der Waals surface area contributed by atoms with E-state index >= 15 is 0 Å². The van der Waals surface area contributed by atoms with Gasteiger partial charge < -0.3 is 30.1 Å². The van der Waals surface area contributed by atoms with Gasteiger partial charge in [0.2, 0.25) is 17.7 Å². The number of nitrogens with one attached hydrogen (secondary N) is 2. The summed E-state index contributed by atoms with van der Waals surface area (Å²) in [7, 11) is 1.59. The highest BCUT2D eigenvalue weighted by Crippen LogP contribution is 2.71. The third-order valence-corrected chi connectivity index (χ3v) is 10.6. The number of ether oxygens (including phenoxy) is 2. The van der Waals surface area contributed by atoms with Gasteiger partial charge in [-0.05, 0) is 94.5 Å². The summed E-state index contributed by atoms with van der Waals surface area (Å²) in [6, 6.07) is 13.6. The number of carbonyl (C=O) groups excluding carboxylic acids is 3. The molecule has 2 bridgehead atoms. The summed E-state index contributed by atoms with van der Waals surface area (Å²) in [4.78, 5) is 43.8. The van der Waals surface area contributed by atoms with Crippen LogP contribution in [0, 0.1) is 11.8 Å². The van der Waals surface area contributed by atoms with Crippen molar-refractivity contribution in [3.05, 3.63) is 48.5 Å². The van der Waals surface area contributed by atoms with E-state index < -0.39 is 27.4 Å². The first-order valence-corrected chi connectivity index (χ1v) is 15.2. The molecule has 0 aromatic heterocycles. The van der Waals surface area contributed by atoms with E-state index in [0.717, 1.165) is 18.6 Å². The van der Waals surface area contributed by atoms with Gasteiger partial charge in [-0.1, -0.05) is 0 Å². The van der Waals surface area contributed by atoms with Crippen LogP contribution < -0.4 is 20.1 Å². The molecule has 2 unspecified atom stereocenters. The van der Waals surface area contributed by atoms with Crippen molar-refractivity contribution in [2.45, 2.75) is 61.5 Å². The van der Waals surface area contributed by atoms with Gasteiger partial charge in [0.05, 0.1) is 30.3 Å². The molecular formula is C31H39N3O6S. The molecule has 5 atom stereocenters. The van der Waals surface area contributed by atoms with Crippen molar-refractivity contribution in [2.75, 3.05) is 37.5 Å². The zero-order chi connectivity index (χ0) is 29.2. The van der Waals surface area contributed by atoms with E-state index in [4.69, 9.17) is 9.47 Å². The first-order chi connectivity index (χ1) is 19.8. The Morgan fingerprint density at radius 1 is 0.976 bits per heavy atom. The number of nitrogens with zero attached hydrogens (tertiary/aromatic N) is 1. The number of carbonyl (C=O) groups is 3. The van der Waals surface area contributed by atoms with Crippen molar-refractivity contribution in [1.29, 1.82) is 0 Å². The maximum atomic E-state index is 14.2. The maximum Gasteiger partial charge on any atom is 0.248 e. The van der Waals surface area contributed by atoms with Crippen LogP contribution in [-0.4, -0.2) is 70.1 Å². The van der Waals surface area contributed by atoms with Gasteiger partial charge in [-0.2, -0.15) is 0 Å². The zero-order valence-corrected chi connectivity index (χ0v) is 24.7. The minimum Gasteiger partial charge on any atom is -0.497 e. The van der Waals surface area contributed by atoms with Crippen molar-refractivity contribution >= 4 is 40.9 Å². The lowest BCUT2D eigenvalue weighted by atomic mass is 9.66. The Morgan fingerprint density at radius 2 is 1.61 bits per heavy atom. The van der Waals surface area contributed by atoms with Crippen LogP contribution in [-0.2, 0) is 14.4 Å². The molecule has 3 amide bonds. The van der Waals surface area contributed by atoms with Crippen molar-refractivity contribution in [2.24, 2.45) is 11.8 Å². The Bertz CT molecular complexity index is 1270. The number of methoxy groups -OCH3 is 1. The number of aliphatic hydroxyl groups excluding tert-OH is 1. The smallest absolute Gasteiger partial charge is 0.248 e.